The van der Waals surface area contributed by atoms with Gasteiger partial charge in [-0.3, -0.25) is 4.99 Å². The summed E-state index contributed by atoms with van der Waals surface area (Å²) in [5, 5.41) is 6.09. The standard InChI is InChI=1S/C18H17BrN2/c19-16-6-5-12-8-13(3-4-14(12)9-16)15-10-18(21-11-15)17-2-1-7-20-17/h3-6,8-9,11,17,20H,1-2,7,10H2/t17-/m0/s1. The van der Waals surface area contributed by atoms with Gasteiger partial charge in [0.25, 0.3) is 0 Å². The number of nitrogens with zero attached hydrogens (tertiary/aromatic N) is 1. The van der Waals surface area contributed by atoms with Gasteiger partial charge in [-0.1, -0.05) is 34.1 Å². The van der Waals surface area contributed by atoms with Crippen molar-refractivity contribution in [2.45, 2.75) is 25.3 Å². The van der Waals surface area contributed by atoms with Gasteiger partial charge in [-0.15, -0.1) is 0 Å². The Labute approximate surface area is 133 Å². The summed E-state index contributed by atoms with van der Waals surface area (Å²) in [6, 6.07) is 13.6. The molecule has 0 saturated carbocycles. The van der Waals surface area contributed by atoms with Crippen LogP contribution >= 0.6 is 15.9 Å². The third-order valence-electron chi connectivity index (χ3n) is 4.39. The molecule has 21 heavy (non-hydrogen) atoms. The summed E-state index contributed by atoms with van der Waals surface area (Å²) in [5.41, 5.74) is 3.93. The number of benzene rings is 2. The first kappa shape index (κ1) is 13.2. The maximum absolute atomic E-state index is 4.65. The second-order valence-corrected chi connectivity index (χ2v) is 6.72. The molecular formula is C18H17BrN2. The van der Waals surface area contributed by atoms with E-state index in [-0.39, 0.29) is 0 Å². The minimum atomic E-state index is 0.496. The average Bonchev–Trinajstić information content (AvgIpc) is 3.17. The molecule has 0 aromatic heterocycles. The molecule has 2 nitrogen and oxygen atoms in total. The lowest BCUT2D eigenvalue weighted by molar-refractivity contribution is 0.756. The average molecular weight is 341 g/mol. The lowest BCUT2D eigenvalue weighted by Crippen LogP contribution is -2.29. The lowest BCUT2D eigenvalue weighted by Gasteiger charge is -2.11. The Hall–Kier alpha value is -1.45. The zero-order chi connectivity index (χ0) is 14.2. The van der Waals surface area contributed by atoms with Crippen molar-refractivity contribution in [1.82, 2.24) is 5.32 Å². The Balaban J connectivity index is 1.59. The second kappa shape index (κ2) is 5.39. The van der Waals surface area contributed by atoms with Gasteiger partial charge in [0.15, 0.2) is 0 Å². The number of halogens is 1. The third-order valence-corrected chi connectivity index (χ3v) is 4.89. The molecule has 3 heteroatoms. The van der Waals surface area contributed by atoms with E-state index < -0.39 is 0 Å². The van der Waals surface area contributed by atoms with Crippen LogP contribution in [0.15, 0.2) is 52.1 Å². The van der Waals surface area contributed by atoms with Gasteiger partial charge in [-0.2, -0.15) is 0 Å². The number of hydrogen-bond acceptors (Lipinski definition) is 2. The SMILES string of the molecule is Brc1ccc2cc(C3=CN=C([C@@H]4CCCN4)C3)ccc2c1. The van der Waals surface area contributed by atoms with E-state index in [9.17, 15) is 0 Å². The molecule has 1 N–H and O–H groups in total. The Morgan fingerprint density at radius 2 is 1.95 bits per heavy atom. The number of fused-ring (bicyclic) bond motifs is 1. The van der Waals surface area contributed by atoms with Crippen molar-refractivity contribution >= 4 is 38.0 Å². The van der Waals surface area contributed by atoms with E-state index in [1.165, 1.54) is 40.5 Å². The van der Waals surface area contributed by atoms with Gasteiger partial charge < -0.3 is 5.32 Å². The summed E-state index contributed by atoms with van der Waals surface area (Å²) in [5.74, 6) is 0. The van der Waals surface area contributed by atoms with Crippen molar-refractivity contribution in [2.75, 3.05) is 6.54 Å². The van der Waals surface area contributed by atoms with Crippen LogP contribution < -0.4 is 5.32 Å². The summed E-state index contributed by atoms with van der Waals surface area (Å²) in [4.78, 5) is 4.65. The molecule has 0 unspecified atom stereocenters. The molecule has 1 fully saturated rings. The fourth-order valence-corrected chi connectivity index (χ4v) is 3.60. The quantitative estimate of drug-likeness (QED) is 0.852. The number of hydrogen-bond donors (Lipinski definition) is 1. The van der Waals surface area contributed by atoms with Crippen molar-refractivity contribution in [3.8, 4) is 0 Å². The third kappa shape index (κ3) is 2.56. The molecule has 2 aliphatic heterocycles. The first-order valence-corrected chi connectivity index (χ1v) is 8.27. The number of allylic oxidation sites excluding steroid dienone is 1. The summed E-state index contributed by atoms with van der Waals surface area (Å²) < 4.78 is 1.13. The topological polar surface area (TPSA) is 24.4 Å². The van der Waals surface area contributed by atoms with Gasteiger partial charge in [-0.25, -0.2) is 0 Å². The van der Waals surface area contributed by atoms with Crippen LogP contribution in [-0.2, 0) is 0 Å². The molecule has 106 valence electrons. The highest BCUT2D eigenvalue weighted by atomic mass is 79.9. The highest BCUT2D eigenvalue weighted by Crippen LogP contribution is 2.29. The Morgan fingerprint density at radius 1 is 1.10 bits per heavy atom. The molecule has 2 aliphatic rings. The Kier molecular flexibility index (Phi) is 3.40. The minimum Gasteiger partial charge on any atom is -0.309 e. The highest BCUT2D eigenvalue weighted by molar-refractivity contribution is 9.10. The van der Waals surface area contributed by atoms with Gasteiger partial charge in [0.2, 0.25) is 0 Å². The predicted molar refractivity (Wildman–Crippen MR) is 92.7 cm³/mol. The van der Waals surface area contributed by atoms with Crippen LogP contribution in [-0.4, -0.2) is 18.3 Å². The molecule has 0 radical (unpaired) electrons. The zero-order valence-electron chi connectivity index (χ0n) is 11.8. The van der Waals surface area contributed by atoms with Gasteiger partial charge in [0, 0.05) is 28.8 Å². The van der Waals surface area contributed by atoms with Crippen molar-refractivity contribution in [2.24, 2.45) is 4.99 Å². The number of rotatable bonds is 2. The van der Waals surface area contributed by atoms with Crippen molar-refractivity contribution in [1.29, 1.82) is 0 Å². The van der Waals surface area contributed by atoms with Crippen molar-refractivity contribution in [3.05, 3.63) is 52.6 Å². The van der Waals surface area contributed by atoms with Crippen LogP contribution in [0.4, 0.5) is 0 Å². The van der Waals surface area contributed by atoms with E-state index in [0.717, 1.165) is 17.4 Å². The number of nitrogens with one attached hydrogen (secondary N) is 1. The molecule has 2 aromatic carbocycles. The van der Waals surface area contributed by atoms with Crippen LogP contribution in [0.2, 0.25) is 0 Å². The van der Waals surface area contributed by atoms with Crippen molar-refractivity contribution < 1.29 is 0 Å². The molecule has 2 aromatic rings. The molecular weight excluding hydrogens is 324 g/mol. The second-order valence-electron chi connectivity index (χ2n) is 5.81. The predicted octanol–water partition coefficient (Wildman–Crippen LogP) is 4.54. The molecule has 0 bridgehead atoms. The van der Waals surface area contributed by atoms with Crippen LogP contribution in [0, 0.1) is 0 Å². The molecule has 0 amide bonds. The van der Waals surface area contributed by atoms with Crippen LogP contribution in [0.1, 0.15) is 24.8 Å². The van der Waals surface area contributed by atoms with Gasteiger partial charge in [0.05, 0.1) is 0 Å². The maximum atomic E-state index is 4.65. The fraction of sp³-hybridized carbons (Fsp3) is 0.278. The molecule has 0 aliphatic carbocycles. The van der Waals surface area contributed by atoms with Crippen molar-refractivity contribution in [3.63, 3.8) is 0 Å². The van der Waals surface area contributed by atoms with Gasteiger partial charge in [-0.05, 0) is 59.5 Å². The lowest BCUT2D eigenvalue weighted by atomic mass is 9.97. The first-order valence-electron chi connectivity index (χ1n) is 7.48. The van der Waals surface area contributed by atoms with E-state index in [4.69, 9.17) is 0 Å². The first-order chi connectivity index (χ1) is 10.3. The van der Waals surface area contributed by atoms with Crippen LogP contribution in [0.3, 0.4) is 0 Å². The van der Waals surface area contributed by atoms with Gasteiger partial charge in [0.1, 0.15) is 0 Å². The minimum absolute atomic E-state index is 0.496. The smallest absolute Gasteiger partial charge is 0.0459 e. The highest BCUT2D eigenvalue weighted by Gasteiger charge is 2.23. The largest absolute Gasteiger partial charge is 0.309 e. The summed E-state index contributed by atoms with van der Waals surface area (Å²) in [7, 11) is 0. The normalized spacial score (nSPS) is 21.7. The summed E-state index contributed by atoms with van der Waals surface area (Å²) in [6.45, 7) is 1.13. The van der Waals surface area contributed by atoms with E-state index >= 15 is 0 Å². The molecule has 0 spiro atoms. The zero-order valence-corrected chi connectivity index (χ0v) is 13.4. The fourth-order valence-electron chi connectivity index (χ4n) is 3.22. The Bertz CT molecular complexity index is 755. The number of aliphatic imine (C=N–C) groups is 1. The van der Waals surface area contributed by atoms with Gasteiger partial charge >= 0.3 is 0 Å². The molecule has 2 heterocycles. The van der Waals surface area contributed by atoms with E-state index in [0.29, 0.717) is 6.04 Å². The Morgan fingerprint density at radius 3 is 2.81 bits per heavy atom. The van der Waals surface area contributed by atoms with Crippen LogP contribution in [0.25, 0.3) is 16.3 Å². The molecule has 1 saturated heterocycles. The van der Waals surface area contributed by atoms with E-state index in [1.54, 1.807) is 0 Å². The van der Waals surface area contributed by atoms with E-state index in [1.807, 2.05) is 0 Å². The summed E-state index contributed by atoms with van der Waals surface area (Å²) in [6.07, 6.45) is 5.53. The molecule has 1 atom stereocenters. The summed E-state index contributed by atoms with van der Waals surface area (Å²) >= 11 is 3.53. The molecule has 4 rings (SSSR count). The van der Waals surface area contributed by atoms with Crippen LogP contribution in [0.5, 0.6) is 0 Å². The maximum Gasteiger partial charge on any atom is 0.0459 e. The van der Waals surface area contributed by atoms with E-state index in [2.05, 4.69) is 68.8 Å². The monoisotopic (exact) mass is 340 g/mol.